The largest absolute Gasteiger partial charge is 0.493 e. The number of allylic oxidation sites excluding steroid dienone is 1. The normalized spacial score (nSPS) is 10.9. The van der Waals surface area contributed by atoms with Gasteiger partial charge in [0.05, 0.1) is 20.0 Å². The third-order valence-electron chi connectivity index (χ3n) is 4.89. The predicted octanol–water partition coefficient (Wildman–Crippen LogP) is 5.07. The Labute approximate surface area is 201 Å². The van der Waals surface area contributed by atoms with Crippen LogP contribution in [0.2, 0.25) is 0 Å². The van der Waals surface area contributed by atoms with Crippen molar-refractivity contribution in [3.63, 3.8) is 0 Å². The van der Waals surface area contributed by atoms with Crippen LogP contribution < -0.4 is 9.47 Å². The molecule has 10 heteroatoms. The third-order valence-corrected chi connectivity index (χ3v) is 6.12. The second kappa shape index (κ2) is 10.1. The average molecular weight is 481 g/mol. The summed E-state index contributed by atoms with van der Waals surface area (Å²) in [6.07, 6.45) is 0. The Balaban J connectivity index is 1.73. The molecule has 33 heavy (non-hydrogen) atoms. The summed E-state index contributed by atoms with van der Waals surface area (Å²) < 4.78 is 15.4. The predicted molar refractivity (Wildman–Crippen MR) is 132 cm³/mol. The second-order valence-corrected chi connectivity index (χ2v) is 8.65. The van der Waals surface area contributed by atoms with Gasteiger partial charge in [0.25, 0.3) is 0 Å². The van der Waals surface area contributed by atoms with E-state index in [4.69, 9.17) is 21.7 Å². The number of methoxy groups -OCH3 is 2. The summed E-state index contributed by atoms with van der Waals surface area (Å²) in [4.78, 5) is 0. The molecule has 4 rings (SSSR count). The summed E-state index contributed by atoms with van der Waals surface area (Å²) in [6.45, 7) is 6.57. The number of thioether (sulfide) groups is 1. The van der Waals surface area contributed by atoms with Crippen LogP contribution in [0.5, 0.6) is 11.5 Å². The zero-order valence-corrected chi connectivity index (χ0v) is 20.2. The minimum Gasteiger partial charge on any atom is -0.493 e. The van der Waals surface area contributed by atoms with Crippen molar-refractivity contribution >= 4 is 24.0 Å². The molecule has 0 aliphatic carbocycles. The van der Waals surface area contributed by atoms with Crippen molar-refractivity contribution in [1.29, 1.82) is 0 Å². The Morgan fingerprint density at radius 3 is 2.55 bits per heavy atom. The molecule has 0 spiro atoms. The molecule has 0 aliphatic heterocycles. The highest BCUT2D eigenvalue weighted by atomic mass is 32.2. The van der Waals surface area contributed by atoms with E-state index < -0.39 is 0 Å². The number of hydrogen-bond donors (Lipinski definition) is 1. The number of para-hydroxylation sites is 1. The van der Waals surface area contributed by atoms with Crippen LogP contribution in [0.25, 0.3) is 17.1 Å². The molecule has 0 fully saturated rings. The fourth-order valence-corrected chi connectivity index (χ4v) is 4.47. The van der Waals surface area contributed by atoms with Crippen molar-refractivity contribution in [3.8, 4) is 28.6 Å². The highest BCUT2D eigenvalue weighted by Crippen LogP contribution is 2.34. The Morgan fingerprint density at radius 1 is 1.09 bits per heavy atom. The van der Waals surface area contributed by atoms with E-state index in [-0.39, 0.29) is 0 Å². The molecule has 4 aromatic rings. The van der Waals surface area contributed by atoms with E-state index in [0.717, 1.165) is 27.8 Å². The Kier molecular flexibility index (Phi) is 6.95. The van der Waals surface area contributed by atoms with Crippen LogP contribution in [0.1, 0.15) is 12.7 Å². The molecule has 1 N–H and O–H groups in total. The first-order valence-electron chi connectivity index (χ1n) is 10.2. The summed E-state index contributed by atoms with van der Waals surface area (Å²) >= 11 is 6.91. The summed E-state index contributed by atoms with van der Waals surface area (Å²) in [5.41, 5.74) is 2.82. The van der Waals surface area contributed by atoms with E-state index in [2.05, 4.69) is 27.0 Å². The maximum Gasteiger partial charge on any atom is 0.196 e. The minimum absolute atomic E-state index is 0.567. The molecule has 2 heterocycles. The number of H-pyrrole nitrogens is 1. The molecule has 0 radical (unpaired) electrons. The monoisotopic (exact) mass is 480 g/mol. The zero-order valence-electron chi connectivity index (χ0n) is 18.6. The minimum atomic E-state index is 0.567. The van der Waals surface area contributed by atoms with Gasteiger partial charge in [0.2, 0.25) is 0 Å². The van der Waals surface area contributed by atoms with Crippen molar-refractivity contribution in [1.82, 2.24) is 29.5 Å². The van der Waals surface area contributed by atoms with Gasteiger partial charge in [-0.3, -0.25) is 14.2 Å². The lowest BCUT2D eigenvalue weighted by atomic mass is 10.2. The van der Waals surface area contributed by atoms with Crippen LogP contribution in [-0.4, -0.2) is 43.7 Å². The highest BCUT2D eigenvalue weighted by molar-refractivity contribution is 7.98. The molecule has 2 aromatic heterocycles. The maximum absolute atomic E-state index is 5.48. The first kappa shape index (κ1) is 22.8. The second-order valence-electron chi connectivity index (χ2n) is 7.32. The van der Waals surface area contributed by atoms with Crippen LogP contribution in [0, 0.1) is 4.77 Å². The van der Waals surface area contributed by atoms with Gasteiger partial charge in [0, 0.05) is 17.8 Å². The van der Waals surface area contributed by atoms with E-state index in [1.807, 2.05) is 64.6 Å². The first-order chi connectivity index (χ1) is 16.0. The average Bonchev–Trinajstić information content (AvgIpc) is 3.41. The van der Waals surface area contributed by atoms with Gasteiger partial charge in [-0.2, -0.15) is 5.10 Å². The molecule has 8 nitrogen and oxygen atoms in total. The molecule has 0 aliphatic rings. The maximum atomic E-state index is 5.48. The SMILES string of the molecule is C=C(C)Cn1c(CSc2nnc(-c3ccc(OC)c(OC)c3)n2-c2ccccc2)n[nH]c1=S. The Bertz CT molecular complexity index is 1330. The number of benzene rings is 2. The van der Waals surface area contributed by atoms with E-state index in [0.29, 0.717) is 34.4 Å². The Morgan fingerprint density at radius 2 is 1.85 bits per heavy atom. The van der Waals surface area contributed by atoms with Crippen molar-refractivity contribution in [2.45, 2.75) is 24.4 Å². The van der Waals surface area contributed by atoms with Gasteiger partial charge in [-0.15, -0.1) is 10.2 Å². The smallest absolute Gasteiger partial charge is 0.196 e. The standard InChI is InChI=1S/C23H24N6O2S2/c1-15(2)13-28-20(24-26-22(28)32)14-33-23-27-25-21(29(23)17-8-6-5-7-9-17)16-10-11-18(30-3)19(12-16)31-4/h5-12H,1,13-14H2,2-4H3,(H,26,32). The number of rotatable bonds is 9. The molecule has 0 saturated heterocycles. The van der Waals surface area contributed by atoms with Gasteiger partial charge in [-0.1, -0.05) is 42.1 Å². The van der Waals surface area contributed by atoms with E-state index in [1.165, 1.54) is 11.8 Å². The van der Waals surface area contributed by atoms with Gasteiger partial charge in [0.15, 0.2) is 27.3 Å². The van der Waals surface area contributed by atoms with E-state index in [1.54, 1.807) is 14.2 Å². The lowest BCUT2D eigenvalue weighted by Gasteiger charge is -2.12. The van der Waals surface area contributed by atoms with Gasteiger partial charge in [-0.25, -0.2) is 0 Å². The van der Waals surface area contributed by atoms with Crippen LogP contribution >= 0.6 is 24.0 Å². The topological polar surface area (TPSA) is 82.8 Å². The molecule has 0 saturated carbocycles. The fourth-order valence-electron chi connectivity index (χ4n) is 3.36. The van der Waals surface area contributed by atoms with Crippen LogP contribution in [0.15, 0.2) is 65.8 Å². The lowest BCUT2D eigenvalue weighted by molar-refractivity contribution is 0.355. The van der Waals surface area contributed by atoms with Gasteiger partial charge in [0.1, 0.15) is 5.82 Å². The quantitative estimate of drug-likeness (QED) is 0.203. The van der Waals surface area contributed by atoms with E-state index >= 15 is 0 Å². The first-order valence-corrected chi connectivity index (χ1v) is 11.6. The molecule has 0 atom stereocenters. The van der Waals surface area contributed by atoms with Gasteiger partial charge < -0.3 is 9.47 Å². The molecule has 170 valence electrons. The summed E-state index contributed by atoms with van der Waals surface area (Å²) in [5, 5.41) is 17.0. The fraction of sp³-hybridized carbons (Fsp3) is 0.217. The Hall–Kier alpha value is -3.37. The number of hydrogen-bond acceptors (Lipinski definition) is 7. The summed E-state index contributed by atoms with van der Waals surface area (Å²) in [7, 11) is 3.23. The van der Waals surface area contributed by atoms with Crippen LogP contribution in [-0.2, 0) is 12.3 Å². The molecule has 2 aromatic carbocycles. The third kappa shape index (κ3) is 4.86. The van der Waals surface area contributed by atoms with Crippen LogP contribution in [0.3, 0.4) is 0 Å². The molecule has 0 amide bonds. The van der Waals surface area contributed by atoms with Gasteiger partial charge >= 0.3 is 0 Å². The summed E-state index contributed by atoms with van der Waals surface area (Å²) in [6, 6.07) is 15.7. The number of nitrogens with one attached hydrogen (secondary N) is 1. The highest BCUT2D eigenvalue weighted by Gasteiger charge is 2.19. The molecule has 0 unspecified atom stereocenters. The number of aromatic nitrogens is 6. The molecular formula is C23H24N6O2S2. The van der Waals surface area contributed by atoms with Crippen molar-refractivity contribution in [2.24, 2.45) is 0 Å². The zero-order chi connectivity index (χ0) is 23.4. The lowest BCUT2D eigenvalue weighted by Crippen LogP contribution is -2.05. The van der Waals surface area contributed by atoms with E-state index in [9.17, 15) is 0 Å². The number of nitrogens with zero attached hydrogens (tertiary/aromatic N) is 5. The van der Waals surface area contributed by atoms with Crippen molar-refractivity contribution in [2.75, 3.05) is 14.2 Å². The molecule has 0 bridgehead atoms. The summed E-state index contributed by atoms with van der Waals surface area (Å²) in [5.74, 6) is 3.37. The van der Waals surface area contributed by atoms with Gasteiger partial charge in [-0.05, 0) is 49.5 Å². The number of aromatic amines is 1. The number of ether oxygens (including phenoxy) is 2. The van der Waals surface area contributed by atoms with Crippen molar-refractivity contribution < 1.29 is 9.47 Å². The molecular weight excluding hydrogens is 456 g/mol. The van der Waals surface area contributed by atoms with Crippen molar-refractivity contribution in [3.05, 3.63) is 71.3 Å². The van der Waals surface area contributed by atoms with Crippen LogP contribution in [0.4, 0.5) is 0 Å².